The molecule has 3 aromatic rings. The van der Waals surface area contributed by atoms with E-state index in [2.05, 4.69) is 26.7 Å². The largest absolute Gasteiger partial charge is 0.497 e. The summed E-state index contributed by atoms with van der Waals surface area (Å²) in [5.74, 6) is 0.906. The Labute approximate surface area is 104 Å². The SMILES string of the molecule is COc1ccc2[nH]c3c(c2c1)CCn1cncc1-3. The zero-order chi connectivity index (χ0) is 12.1. The van der Waals surface area contributed by atoms with Gasteiger partial charge in [0.05, 0.1) is 31.0 Å². The number of methoxy groups -OCH3 is 1. The van der Waals surface area contributed by atoms with E-state index in [1.165, 1.54) is 22.3 Å². The van der Waals surface area contributed by atoms with E-state index in [0.717, 1.165) is 24.2 Å². The monoisotopic (exact) mass is 239 g/mol. The third-order valence-electron chi connectivity index (χ3n) is 3.68. The number of nitrogens with one attached hydrogen (secondary N) is 1. The van der Waals surface area contributed by atoms with Crippen LogP contribution in [0.25, 0.3) is 22.3 Å². The fraction of sp³-hybridized carbons (Fsp3) is 0.214. The fourth-order valence-corrected chi connectivity index (χ4v) is 2.77. The van der Waals surface area contributed by atoms with Crippen LogP contribution in [-0.4, -0.2) is 21.6 Å². The van der Waals surface area contributed by atoms with Gasteiger partial charge in [0.15, 0.2) is 0 Å². The van der Waals surface area contributed by atoms with Gasteiger partial charge in [-0.05, 0) is 30.2 Å². The van der Waals surface area contributed by atoms with Gasteiger partial charge in [-0.15, -0.1) is 0 Å². The Balaban J connectivity index is 2.04. The molecule has 0 unspecified atom stereocenters. The van der Waals surface area contributed by atoms with Crippen LogP contribution >= 0.6 is 0 Å². The summed E-state index contributed by atoms with van der Waals surface area (Å²) in [6, 6.07) is 6.17. The molecule has 2 aromatic heterocycles. The number of aromatic amines is 1. The Hall–Kier alpha value is -2.23. The molecule has 1 aliphatic heterocycles. The molecule has 0 spiro atoms. The first-order valence-corrected chi connectivity index (χ1v) is 6.06. The highest BCUT2D eigenvalue weighted by molar-refractivity contribution is 5.91. The molecular weight excluding hydrogens is 226 g/mol. The van der Waals surface area contributed by atoms with Gasteiger partial charge in [-0.1, -0.05) is 0 Å². The number of hydrogen-bond donors (Lipinski definition) is 1. The van der Waals surface area contributed by atoms with Gasteiger partial charge in [0.1, 0.15) is 5.75 Å². The molecule has 4 heteroatoms. The summed E-state index contributed by atoms with van der Waals surface area (Å²) >= 11 is 0. The standard InChI is InChI=1S/C14H13N3O/c1-18-9-2-3-12-11(6-9)10-4-5-17-8-15-7-13(17)14(10)16-12/h2-3,6-8,16H,4-5H2,1H3. The summed E-state index contributed by atoms with van der Waals surface area (Å²) in [5.41, 5.74) is 4.90. The lowest BCUT2D eigenvalue weighted by atomic mass is 10.0. The van der Waals surface area contributed by atoms with Crippen LogP contribution in [0.15, 0.2) is 30.7 Å². The molecule has 1 N–H and O–H groups in total. The Morgan fingerprint density at radius 2 is 2.33 bits per heavy atom. The molecule has 3 heterocycles. The van der Waals surface area contributed by atoms with E-state index in [1.807, 2.05) is 18.6 Å². The average molecular weight is 239 g/mol. The maximum Gasteiger partial charge on any atom is 0.119 e. The molecule has 18 heavy (non-hydrogen) atoms. The molecule has 4 rings (SSSR count). The summed E-state index contributed by atoms with van der Waals surface area (Å²) in [7, 11) is 1.70. The van der Waals surface area contributed by atoms with Crippen molar-refractivity contribution < 1.29 is 4.74 Å². The highest BCUT2D eigenvalue weighted by Crippen LogP contribution is 2.35. The number of benzene rings is 1. The summed E-state index contributed by atoms with van der Waals surface area (Å²) in [5, 5.41) is 1.26. The first kappa shape index (κ1) is 9.76. The lowest BCUT2D eigenvalue weighted by Crippen LogP contribution is -2.08. The van der Waals surface area contributed by atoms with E-state index in [1.54, 1.807) is 7.11 Å². The molecule has 0 saturated carbocycles. The minimum atomic E-state index is 0.906. The van der Waals surface area contributed by atoms with Crippen molar-refractivity contribution in [2.75, 3.05) is 7.11 Å². The number of imidazole rings is 1. The Bertz CT molecular complexity index is 739. The number of aromatic nitrogens is 3. The molecule has 0 aliphatic carbocycles. The Morgan fingerprint density at radius 1 is 1.39 bits per heavy atom. The van der Waals surface area contributed by atoms with Crippen LogP contribution in [0.3, 0.4) is 0 Å². The minimum absolute atomic E-state index is 0.906. The van der Waals surface area contributed by atoms with E-state index >= 15 is 0 Å². The normalized spacial score (nSPS) is 13.4. The van der Waals surface area contributed by atoms with Gasteiger partial charge in [-0.2, -0.15) is 0 Å². The van der Waals surface area contributed by atoms with Crippen molar-refractivity contribution >= 4 is 10.9 Å². The van der Waals surface area contributed by atoms with Gasteiger partial charge in [-0.3, -0.25) is 0 Å². The molecule has 4 nitrogen and oxygen atoms in total. The van der Waals surface area contributed by atoms with Crippen molar-refractivity contribution in [1.82, 2.24) is 14.5 Å². The maximum atomic E-state index is 5.31. The first-order chi connectivity index (χ1) is 8.86. The van der Waals surface area contributed by atoms with Crippen molar-refractivity contribution in [1.29, 1.82) is 0 Å². The van der Waals surface area contributed by atoms with Crippen LogP contribution < -0.4 is 4.74 Å². The molecule has 1 aromatic carbocycles. The zero-order valence-electron chi connectivity index (χ0n) is 10.1. The molecule has 0 radical (unpaired) electrons. The molecule has 0 amide bonds. The van der Waals surface area contributed by atoms with Gasteiger partial charge in [0, 0.05) is 17.4 Å². The van der Waals surface area contributed by atoms with Gasteiger partial charge >= 0.3 is 0 Å². The van der Waals surface area contributed by atoms with Crippen LogP contribution in [0.4, 0.5) is 0 Å². The second-order valence-electron chi connectivity index (χ2n) is 4.61. The Morgan fingerprint density at radius 3 is 3.22 bits per heavy atom. The minimum Gasteiger partial charge on any atom is -0.497 e. The van der Waals surface area contributed by atoms with Gasteiger partial charge in [-0.25, -0.2) is 4.98 Å². The topological polar surface area (TPSA) is 42.8 Å². The predicted molar refractivity (Wildman–Crippen MR) is 69.8 cm³/mol. The van der Waals surface area contributed by atoms with Crippen LogP contribution in [0.1, 0.15) is 5.56 Å². The number of hydrogen-bond acceptors (Lipinski definition) is 2. The number of H-pyrrole nitrogens is 1. The average Bonchev–Trinajstić information content (AvgIpc) is 3.01. The highest BCUT2D eigenvalue weighted by Gasteiger charge is 2.20. The Kier molecular flexibility index (Phi) is 1.84. The van der Waals surface area contributed by atoms with Gasteiger partial charge in [0.25, 0.3) is 0 Å². The number of ether oxygens (including phenoxy) is 1. The number of rotatable bonds is 1. The van der Waals surface area contributed by atoms with Gasteiger partial charge in [0.2, 0.25) is 0 Å². The lowest BCUT2D eigenvalue weighted by Gasteiger charge is -2.14. The van der Waals surface area contributed by atoms with E-state index in [0.29, 0.717) is 0 Å². The van der Waals surface area contributed by atoms with Gasteiger partial charge < -0.3 is 14.3 Å². The number of nitrogens with zero attached hydrogens (tertiary/aromatic N) is 2. The van der Waals surface area contributed by atoms with Crippen LogP contribution in [0.5, 0.6) is 5.75 Å². The van der Waals surface area contributed by atoms with E-state index in [-0.39, 0.29) is 0 Å². The summed E-state index contributed by atoms with van der Waals surface area (Å²) < 4.78 is 7.50. The maximum absolute atomic E-state index is 5.31. The molecule has 0 saturated heterocycles. The molecule has 90 valence electrons. The second-order valence-corrected chi connectivity index (χ2v) is 4.61. The van der Waals surface area contributed by atoms with Crippen LogP contribution in [0.2, 0.25) is 0 Å². The van der Waals surface area contributed by atoms with Crippen molar-refractivity contribution in [2.45, 2.75) is 13.0 Å². The molecule has 1 aliphatic rings. The summed E-state index contributed by atoms with van der Waals surface area (Å²) in [6.45, 7) is 0.993. The third kappa shape index (κ3) is 1.17. The summed E-state index contributed by atoms with van der Waals surface area (Å²) in [4.78, 5) is 7.72. The second kappa shape index (κ2) is 3.38. The molecule has 0 bridgehead atoms. The van der Waals surface area contributed by atoms with Crippen molar-refractivity contribution in [3.05, 3.63) is 36.3 Å². The molecule has 0 fully saturated rings. The van der Waals surface area contributed by atoms with Crippen molar-refractivity contribution in [3.63, 3.8) is 0 Å². The smallest absolute Gasteiger partial charge is 0.119 e. The number of fused-ring (bicyclic) bond motifs is 5. The quantitative estimate of drug-likeness (QED) is 0.709. The third-order valence-corrected chi connectivity index (χ3v) is 3.68. The zero-order valence-corrected chi connectivity index (χ0v) is 10.1. The van der Waals surface area contributed by atoms with Crippen LogP contribution in [-0.2, 0) is 13.0 Å². The van der Waals surface area contributed by atoms with E-state index < -0.39 is 0 Å². The predicted octanol–water partition coefficient (Wildman–Crippen LogP) is 2.60. The van der Waals surface area contributed by atoms with E-state index in [9.17, 15) is 0 Å². The molecule has 0 atom stereocenters. The van der Waals surface area contributed by atoms with E-state index in [4.69, 9.17) is 4.74 Å². The molecular formula is C14H13N3O. The van der Waals surface area contributed by atoms with Crippen LogP contribution in [0, 0.1) is 0 Å². The summed E-state index contributed by atoms with van der Waals surface area (Å²) in [6.07, 6.45) is 4.85. The highest BCUT2D eigenvalue weighted by atomic mass is 16.5. The van der Waals surface area contributed by atoms with Crippen molar-refractivity contribution in [3.8, 4) is 17.1 Å². The first-order valence-electron chi connectivity index (χ1n) is 6.06. The van der Waals surface area contributed by atoms with Crippen molar-refractivity contribution in [2.24, 2.45) is 0 Å². The lowest BCUT2D eigenvalue weighted by molar-refractivity contribution is 0.415. The number of aryl methyl sites for hydroxylation is 2. The fourth-order valence-electron chi connectivity index (χ4n) is 2.77.